The Bertz CT molecular complexity index is 784. The van der Waals surface area contributed by atoms with Crippen LogP contribution >= 0.6 is 0 Å². The van der Waals surface area contributed by atoms with Crippen molar-refractivity contribution in [2.45, 2.75) is 46.8 Å². The number of ether oxygens (including phenoxy) is 1. The summed E-state index contributed by atoms with van der Waals surface area (Å²) in [6.07, 6.45) is 0.630. The number of hydrogen-bond acceptors (Lipinski definition) is 4. The van der Waals surface area contributed by atoms with E-state index in [9.17, 15) is 9.59 Å². The van der Waals surface area contributed by atoms with Gasteiger partial charge in [-0.05, 0) is 61.7 Å². The van der Waals surface area contributed by atoms with Gasteiger partial charge in [-0.25, -0.2) is 0 Å². The lowest BCUT2D eigenvalue weighted by molar-refractivity contribution is -0.117. The van der Waals surface area contributed by atoms with Crippen molar-refractivity contribution in [1.29, 1.82) is 0 Å². The second-order valence-electron chi connectivity index (χ2n) is 7.69. The van der Waals surface area contributed by atoms with E-state index in [1.54, 1.807) is 24.3 Å². The van der Waals surface area contributed by atoms with E-state index in [2.05, 4.69) is 16.0 Å². The first-order valence-electron chi connectivity index (χ1n) is 9.98. The molecule has 2 amide bonds. The van der Waals surface area contributed by atoms with Crippen molar-refractivity contribution < 1.29 is 14.3 Å². The Kier molecular flexibility index (Phi) is 8.68. The highest BCUT2D eigenvalue weighted by atomic mass is 16.5. The Labute approximate surface area is 173 Å². The van der Waals surface area contributed by atoms with Crippen LogP contribution in [0.4, 0.5) is 11.4 Å². The molecule has 0 saturated carbocycles. The molecule has 2 aromatic rings. The Morgan fingerprint density at radius 2 is 1.38 bits per heavy atom. The largest absolute Gasteiger partial charge is 0.491 e. The monoisotopic (exact) mass is 397 g/mol. The molecule has 0 atom stereocenters. The summed E-state index contributed by atoms with van der Waals surface area (Å²) in [4.78, 5) is 23.9. The van der Waals surface area contributed by atoms with E-state index in [-0.39, 0.29) is 24.5 Å². The van der Waals surface area contributed by atoms with Crippen LogP contribution in [0.1, 0.15) is 39.7 Å². The zero-order chi connectivity index (χ0) is 21.2. The molecule has 0 spiro atoms. The van der Waals surface area contributed by atoms with Gasteiger partial charge in [0.05, 0.1) is 12.6 Å². The van der Waals surface area contributed by atoms with Gasteiger partial charge >= 0.3 is 0 Å². The topological polar surface area (TPSA) is 79.5 Å². The maximum atomic E-state index is 12.1. The number of rotatable bonds is 10. The minimum Gasteiger partial charge on any atom is -0.491 e. The quantitative estimate of drug-likeness (QED) is 0.562. The van der Waals surface area contributed by atoms with Gasteiger partial charge in [0, 0.05) is 24.3 Å². The molecule has 0 bridgehead atoms. The third kappa shape index (κ3) is 8.79. The standard InChI is InChI=1S/C23H31N3O3/c1-16(2)13-22(27)25-19-7-9-20(10-8-19)26-23(28)15-24-14-18-5-11-21(12-6-18)29-17(3)4/h5-12,16-17,24H,13-15H2,1-4H3,(H,25,27)(H,26,28). The van der Waals surface area contributed by atoms with Gasteiger partial charge in [-0.15, -0.1) is 0 Å². The zero-order valence-electron chi connectivity index (χ0n) is 17.6. The summed E-state index contributed by atoms with van der Waals surface area (Å²) in [5, 5.41) is 8.81. The van der Waals surface area contributed by atoms with Gasteiger partial charge in [0.25, 0.3) is 0 Å². The highest BCUT2D eigenvalue weighted by Gasteiger charge is 2.06. The van der Waals surface area contributed by atoms with Crippen LogP contribution in [0.25, 0.3) is 0 Å². The van der Waals surface area contributed by atoms with Crippen LogP contribution in [0.15, 0.2) is 48.5 Å². The average molecular weight is 398 g/mol. The molecule has 0 aromatic heterocycles. The molecule has 156 valence electrons. The molecule has 0 saturated heterocycles. The van der Waals surface area contributed by atoms with E-state index in [0.29, 0.717) is 24.6 Å². The van der Waals surface area contributed by atoms with Gasteiger partial charge in [-0.2, -0.15) is 0 Å². The number of amides is 2. The Morgan fingerprint density at radius 3 is 1.90 bits per heavy atom. The van der Waals surface area contributed by atoms with Crippen molar-refractivity contribution in [3.63, 3.8) is 0 Å². The molecule has 29 heavy (non-hydrogen) atoms. The van der Waals surface area contributed by atoms with Crippen molar-refractivity contribution in [3.05, 3.63) is 54.1 Å². The number of carbonyl (C=O) groups is 2. The fraction of sp³-hybridized carbons (Fsp3) is 0.391. The molecule has 2 aromatic carbocycles. The van der Waals surface area contributed by atoms with Crippen LogP contribution in [-0.2, 0) is 16.1 Å². The van der Waals surface area contributed by atoms with Gasteiger partial charge in [0.2, 0.25) is 11.8 Å². The second kappa shape index (κ2) is 11.2. The highest BCUT2D eigenvalue weighted by Crippen LogP contribution is 2.15. The molecule has 0 unspecified atom stereocenters. The molecule has 0 aliphatic carbocycles. The lowest BCUT2D eigenvalue weighted by Crippen LogP contribution is -2.27. The number of carbonyl (C=O) groups excluding carboxylic acids is 2. The normalized spacial score (nSPS) is 10.8. The fourth-order valence-corrected chi connectivity index (χ4v) is 2.70. The van der Waals surface area contributed by atoms with Crippen LogP contribution in [0.2, 0.25) is 0 Å². The molecular weight excluding hydrogens is 366 g/mol. The number of nitrogens with one attached hydrogen (secondary N) is 3. The first kappa shape index (κ1) is 22.4. The maximum Gasteiger partial charge on any atom is 0.238 e. The van der Waals surface area contributed by atoms with Gasteiger partial charge in [-0.1, -0.05) is 26.0 Å². The van der Waals surface area contributed by atoms with E-state index in [4.69, 9.17) is 4.74 Å². The van der Waals surface area contributed by atoms with Crippen LogP contribution in [0, 0.1) is 5.92 Å². The number of benzene rings is 2. The molecule has 0 aliphatic heterocycles. The van der Waals surface area contributed by atoms with Gasteiger partial charge in [0.15, 0.2) is 0 Å². The predicted molar refractivity (Wildman–Crippen MR) is 117 cm³/mol. The van der Waals surface area contributed by atoms with E-state index in [1.165, 1.54) is 0 Å². The predicted octanol–water partition coefficient (Wildman–Crippen LogP) is 4.19. The minimum atomic E-state index is -0.124. The fourth-order valence-electron chi connectivity index (χ4n) is 2.70. The summed E-state index contributed by atoms with van der Waals surface area (Å²) in [6.45, 7) is 8.79. The molecule has 6 nitrogen and oxygen atoms in total. The van der Waals surface area contributed by atoms with E-state index < -0.39 is 0 Å². The summed E-state index contributed by atoms with van der Waals surface area (Å²) < 4.78 is 5.62. The summed E-state index contributed by atoms with van der Waals surface area (Å²) in [5.41, 5.74) is 2.49. The van der Waals surface area contributed by atoms with Crippen molar-refractivity contribution >= 4 is 23.2 Å². The first-order chi connectivity index (χ1) is 13.8. The summed E-state index contributed by atoms with van der Waals surface area (Å²) in [6, 6.07) is 14.9. The number of anilines is 2. The molecule has 2 rings (SSSR count). The minimum absolute atomic E-state index is 0.00946. The SMILES string of the molecule is CC(C)CC(=O)Nc1ccc(NC(=O)CNCc2ccc(OC(C)C)cc2)cc1. The molecule has 0 heterocycles. The molecule has 3 N–H and O–H groups in total. The summed E-state index contributed by atoms with van der Waals surface area (Å²) in [7, 11) is 0. The zero-order valence-corrected chi connectivity index (χ0v) is 17.6. The van der Waals surface area contributed by atoms with Crippen molar-refractivity contribution in [3.8, 4) is 5.75 Å². The van der Waals surface area contributed by atoms with Crippen molar-refractivity contribution in [2.75, 3.05) is 17.2 Å². The molecule has 0 fully saturated rings. The van der Waals surface area contributed by atoms with Crippen molar-refractivity contribution in [2.24, 2.45) is 5.92 Å². The second-order valence-corrected chi connectivity index (χ2v) is 7.69. The van der Waals surface area contributed by atoms with E-state index in [1.807, 2.05) is 52.0 Å². The molecular formula is C23H31N3O3. The third-order valence-electron chi connectivity index (χ3n) is 3.96. The van der Waals surface area contributed by atoms with Gasteiger partial charge in [-0.3, -0.25) is 9.59 Å². The third-order valence-corrected chi connectivity index (χ3v) is 3.96. The van der Waals surface area contributed by atoms with E-state index in [0.717, 1.165) is 17.0 Å². The molecule has 0 aliphatic rings. The average Bonchev–Trinajstić information content (AvgIpc) is 2.63. The van der Waals surface area contributed by atoms with Crippen LogP contribution in [0.5, 0.6) is 5.75 Å². The summed E-state index contributed by atoms with van der Waals surface area (Å²) >= 11 is 0. The van der Waals surface area contributed by atoms with Crippen LogP contribution < -0.4 is 20.7 Å². The maximum absolute atomic E-state index is 12.1. The van der Waals surface area contributed by atoms with Gasteiger partial charge < -0.3 is 20.7 Å². The van der Waals surface area contributed by atoms with Crippen LogP contribution in [-0.4, -0.2) is 24.5 Å². The van der Waals surface area contributed by atoms with Crippen molar-refractivity contribution in [1.82, 2.24) is 5.32 Å². The first-order valence-corrected chi connectivity index (χ1v) is 9.98. The lowest BCUT2D eigenvalue weighted by Gasteiger charge is -2.11. The summed E-state index contributed by atoms with van der Waals surface area (Å²) in [5.74, 6) is 1.02. The smallest absolute Gasteiger partial charge is 0.238 e. The molecule has 0 radical (unpaired) electrons. The van der Waals surface area contributed by atoms with E-state index >= 15 is 0 Å². The van der Waals surface area contributed by atoms with Gasteiger partial charge in [0.1, 0.15) is 5.75 Å². The Balaban J connectivity index is 1.73. The Hall–Kier alpha value is -2.86. The highest BCUT2D eigenvalue weighted by molar-refractivity contribution is 5.93. The number of hydrogen-bond donors (Lipinski definition) is 3. The Morgan fingerprint density at radius 1 is 0.828 bits per heavy atom. The van der Waals surface area contributed by atoms with Crippen LogP contribution in [0.3, 0.4) is 0 Å². The molecule has 6 heteroatoms. The lowest BCUT2D eigenvalue weighted by atomic mass is 10.1.